The molecule has 2 saturated heterocycles. The lowest BCUT2D eigenvalue weighted by Gasteiger charge is -2.38. The smallest absolute Gasteiger partial charge is 0.270 e. The summed E-state index contributed by atoms with van der Waals surface area (Å²) in [5.41, 5.74) is 2.56. The Morgan fingerprint density at radius 2 is 1.79 bits per heavy atom. The van der Waals surface area contributed by atoms with Crippen LogP contribution in [0, 0.1) is 24.2 Å². The number of hydrogen-bond acceptors (Lipinski definition) is 7. The van der Waals surface area contributed by atoms with Gasteiger partial charge in [0, 0.05) is 51.4 Å². The number of hydrogen-bond donors (Lipinski definition) is 0. The molecule has 1 unspecified atom stereocenters. The van der Waals surface area contributed by atoms with Crippen LogP contribution < -0.4 is 10.5 Å². The molecule has 2 aliphatic rings. The number of pyridine rings is 1. The van der Waals surface area contributed by atoms with Crippen LogP contribution in [-0.4, -0.2) is 57.3 Å². The fourth-order valence-corrected chi connectivity index (χ4v) is 7.10. The Balaban J connectivity index is 1.68. The zero-order valence-electron chi connectivity index (χ0n) is 25.4. The number of thioether (sulfide) groups is 1. The van der Waals surface area contributed by atoms with Crippen LogP contribution in [0.15, 0.2) is 40.0 Å². The van der Waals surface area contributed by atoms with Crippen molar-refractivity contribution in [2.24, 2.45) is 5.92 Å². The average molecular weight is 606 g/mol. The number of carbonyl (C=O) groups excluding carboxylic acids is 1. The number of piperazine rings is 1. The number of carbonyl (C=O) groups is 1. The molecule has 1 aromatic heterocycles. The maximum atomic E-state index is 13.7. The van der Waals surface area contributed by atoms with Gasteiger partial charge in [0.05, 0.1) is 4.91 Å². The molecule has 3 heterocycles. The Kier molecular flexibility index (Phi) is 11.4. The van der Waals surface area contributed by atoms with Gasteiger partial charge in [-0.3, -0.25) is 24.0 Å². The standard InChI is InChI=1S/C33H43N5O2S2/c1-5-8-12-25(7-3)23-38-32(40)29(42-33(38)41)20-27-24(4)28(21-34)31(39)37(15-6-2)30(27)36-18-16-35(17-19-36)22-26-13-10-9-11-14-26/h9-11,13-14,20,25H,5-8,12,15-19,22-23H2,1-4H3/b29-20+. The van der Waals surface area contributed by atoms with Gasteiger partial charge in [0.2, 0.25) is 0 Å². The number of amides is 1. The Bertz CT molecular complexity index is 1400. The number of thiocarbonyl (C=S) groups is 1. The van der Waals surface area contributed by atoms with Gasteiger partial charge in [-0.25, -0.2) is 0 Å². The molecule has 2 aromatic rings. The van der Waals surface area contributed by atoms with E-state index in [-0.39, 0.29) is 17.0 Å². The summed E-state index contributed by atoms with van der Waals surface area (Å²) in [7, 11) is 0. The van der Waals surface area contributed by atoms with Gasteiger partial charge in [-0.1, -0.05) is 94.3 Å². The van der Waals surface area contributed by atoms with Crippen LogP contribution in [0.25, 0.3) is 6.08 Å². The molecule has 0 aliphatic carbocycles. The highest BCUT2D eigenvalue weighted by Gasteiger charge is 2.34. The van der Waals surface area contributed by atoms with E-state index in [1.807, 2.05) is 26.0 Å². The molecular formula is C33H43N5O2S2. The van der Waals surface area contributed by atoms with Gasteiger partial charge in [-0.05, 0) is 42.9 Å². The lowest BCUT2D eigenvalue weighted by Crippen LogP contribution is -2.48. The van der Waals surface area contributed by atoms with Crippen molar-refractivity contribution in [3.63, 3.8) is 0 Å². The van der Waals surface area contributed by atoms with E-state index >= 15 is 0 Å². The van der Waals surface area contributed by atoms with Crippen LogP contribution in [0.2, 0.25) is 0 Å². The quantitative estimate of drug-likeness (QED) is 0.211. The molecule has 2 fully saturated rings. The number of anilines is 1. The second-order valence-corrected chi connectivity index (χ2v) is 12.9. The van der Waals surface area contributed by atoms with Crippen molar-refractivity contribution in [2.75, 3.05) is 37.6 Å². The fourth-order valence-electron chi connectivity index (χ4n) is 5.84. The summed E-state index contributed by atoms with van der Waals surface area (Å²) in [6.07, 6.45) is 7.00. The zero-order chi connectivity index (χ0) is 30.2. The summed E-state index contributed by atoms with van der Waals surface area (Å²) in [5, 5.41) is 9.98. The zero-order valence-corrected chi connectivity index (χ0v) is 27.0. The minimum Gasteiger partial charge on any atom is -0.355 e. The largest absolute Gasteiger partial charge is 0.355 e. The van der Waals surface area contributed by atoms with E-state index in [1.165, 1.54) is 17.3 Å². The molecule has 0 radical (unpaired) electrons. The molecular weight excluding hydrogens is 563 g/mol. The second-order valence-electron chi connectivity index (χ2n) is 11.3. The van der Waals surface area contributed by atoms with E-state index in [0.29, 0.717) is 33.8 Å². The van der Waals surface area contributed by atoms with Crippen molar-refractivity contribution in [1.29, 1.82) is 5.26 Å². The second kappa shape index (κ2) is 15.0. The third-order valence-corrected chi connectivity index (χ3v) is 9.73. The molecule has 42 heavy (non-hydrogen) atoms. The minimum atomic E-state index is -0.259. The predicted octanol–water partition coefficient (Wildman–Crippen LogP) is 6.18. The molecule has 9 heteroatoms. The highest BCUT2D eigenvalue weighted by atomic mass is 32.2. The molecule has 0 saturated carbocycles. The van der Waals surface area contributed by atoms with Crippen LogP contribution in [0.4, 0.5) is 5.82 Å². The highest BCUT2D eigenvalue weighted by molar-refractivity contribution is 8.26. The highest BCUT2D eigenvalue weighted by Crippen LogP contribution is 2.37. The maximum absolute atomic E-state index is 13.7. The van der Waals surface area contributed by atoms with Gasteiger partial charge in [0.25, 0.3) is 11.5 Å². The van der Waals surface area contributed by atoms with Crippen molar-refractivity contribution < 1.29 is 4.79 Å². The van der Waals surface area contributed by atoms with Crippen molar-refractivity contribution in [3.05, 3.63) is 67.8 Å². The van der Waals surface area contributed by atoms with Crippen LogP contribution in [-0.2, 0) is 17.9 Å². The lowest BCUT2D eigenvalue weighted by molar-refractivity contribution is -0.122. The first kappa shape index (κ1) is 32.0. The summed E-state index contributed by atoms with van der Waals surface area (Å²) in [6.45, 7) is 13.4. The Hall–Kier alpha value is -2.93. The molecule has 1 atom stereocenters. The monoisotopic (exact) mass is 605 g/mol. The number of nitrogens with zero attached hydrogens (tertiary/aromatic N) is 5. The van der Waals surface area contributed by atoms with E-state index in [4.69, 9.17) is 12.2 Å². The molecule has 4 rings (SSSR count). The van der Waals surface area contributed by atoms with Crippen molar-refractivity contribution in [3.8, 4) is 6.07 Å². The summed E-state index contributed by atoms with van der Waals surface area (Å²) >= 11 is 7.02. The van der Waals surface area contributed by atoms with Crippen LogP contribution >= 0.6 is 24.0 Å². The number of benzene rings is 1. The van der Waals surface area contributed by atoms with Gasteiger partial charge in [-0.15, -0.1) is 0 Å². The first-order valence-electron chi connectivity index (χ1n) is 15.3. The molecule has 1 amide bonds. The van der Waals surface area contributed by atoms with E-state index in [1.54, 1.807) is 9.47 Å². The van der Waals surface area contributed by atoms with Gasteiger partial charge < -0.3 is 4.90 Å². The van der Waals surface area contributed by atoms with Gasteiger partial charge in [0.1, 0.15) is 21.8 Å². The summed E-state index contributed by atoms with van der Waals surface area (Å²) in [4.78, 5) is 34.2. The van der Waals surface area contributed by atoms with Gasteiger partial charge in [-0.2, -0.15) is 5.26 Å². The third kappa shape index (κ3) is 7.16. The topological polar surface area (TPSA) is 72.6 Å². The van der Waals surface area contributed by atoms with E-state index in [9.17, 15) is 14.9 Å². The Morgan fingerprint density at radius 1 is 1.07 bits per heavy atom. The first-order valence-corrected chi connectivity index (χ1v) is 16.5. The van der Waals surface area contributed by atoms with E-state index in [2.05, 4.69) is 54.0 Å². The van der Waals surface area contributed by atoms with Crippen LogP contribution in [0.5, 0.6) is 0 Å². The Labute approximate surface area is 260 Å². The first-order chi connectivity index (χ1) is 20.3. The summed E-state index contributed by atoms with van der Waals surface area (Å²) < 4.78 is 2.33. The number of rotatable bonds is 12. The lowest BCUT2D eigenvalue weighted by atomic mass is 9.99. The Morgan fingerprint density at radius 3 is 2.40 bits per heavy atom. The maximum Gasteiger partial charge on any atom is 0.270 e. The molecule has 0 N–H and O–H groups in total. The number of unbranched alkanes of at least 4 members (excludes halogenated alkanes) is 1. The molecule has 0 bridgehead atoms. The van der Waals surface area contributed by atoms with E-state index in [0.717, 1.165) is 76.2 Å². The van der Waals surface area contributed by atoms with Crippen molar-refractivity contribution >= 4 is 46.1 Å². The minimum absolute atomic E-state index is 0.0790. The SMILES string of the molecule is CCCCC(CC)CN1C(=O)/C(=C\c2c(C)c(C#N)c(=O)n(CCC)c2N2CCN(Cc3ccccc3)CC2)SC1=S. The third-order valence-electron chi connectivity index (χ3n) is 8.35. The normalized spacial score (nSPS) is 17.7. The molecule has 0 spiro atoms. The molecule has 2 aliphatic heterocycles. The van der Waals surface area contributed by atoms with Crippen LogP contribution in [0.3, 0.4) is 0 Å². The van der Waals surface area contributed by atoms with Gasteiger partial charge >= 0.3 is 0 Å². The van der Waals surface area contributed by atoms with Crippen LogP contribution in [0.1, 0.15) is 75.1 Å². The van der Waals surface area contributed by atoms with Crippen molar-refractivity contribution in [1.82, 2.24) is 14.4 Å². The molecule has 7 nitrogen and oxygen atoms in total. The fraction of sp³-hybridized carbons (Fsp3) is 0.515. The molecule has 224 valence electrons. The summed E-state index contributed by atoms with van der Waals surface area (Å²) in [6, 6.07) is 12.6. The van der Waals surface area contributed by atoms with Crippen molar-refractivity contribution in [2.45, 2.75) is 72.9 Å². The number of aromatic nitrogens is 1. The predicted molar refractivity (Wildman–Crippen MR) is 178 cm³/mol. The van der Waals surface area contributed by atoms with E-state index < -0.39 is 0 Å². The molecule has 1 aromatic carbocycles. The van der Waals surface area contributed by atoms with Gasteiger partial charge in [0.15, 0.2) is 0 Å². The summed E-state index contributed by atoms with van der Waals surface area (Å²) in [5.74, 6) is 1.13. The number of nitriles is 1. The average Bonchev–Trinajstić information content (AvgIpc) is 3.26.